The Morgan fingerprint density at radius 1 is 0.974 bits per heavy atom. The Kier molecular flexibility index (Phi) is 9.12. The largest absolute Gasteiger partial charge is 0.486 e. The number of likely N-dealkylation sites (N-methyl/N-ethyl adjacent to an activating group) is 1. The van der Waals surface area contributed by atoms with Gasteiger partial charge in [0.1, 0.15) is 23.7 Å². The molecule has 1 unspecified atom stereocenters. The average Bonchev–Trinajstić information content (AvgIpc) is 3.49. The van der Waals surface area contributed by atoms with Crippen molar-refractivity contribution in [3.8, 4) is 5.75 Å². The van der Waals surface area contributed by atoms with Crippen LogP contribution < -0.4 is 20.7 Å². The quantitative estimate of drug-likeness (QED) is 0.479. The molecule has 0 aromatic heterocycles. The van der Waals surface area contributed by atoms with Gasteiger partial charge in [-0.15, -0.1) is 0 Å². The van der Waals surface area contributed by atoms with Gasteiger partial charge in [-0.2, -0.15) is 0 Å². The van der Waals surface area contributed by atoms with E-state index in [2.05, 4.69) is 16.0 Å². The Labute approximate surface area is 224 Å². The zero-order valence-electron chi connectivity index (χ0n) is 22.9. The Bertz CT molecular complexity index is 984. The molecule has 0 spiro atoms. The highest BCUT2D eigenvalue weighted by atomic mass is 19.1. The van der Waals surface area contributed by atoms with Crippen LogP contribution in [0.2, 0.25) is 0 Å². The average molecular weight is 532 g/mol. The summed E-state index contributed by atoms with van der Waals surface area (Å²) in [5.41, 5.74) is 0. The van der Waals surface area contributed by atoms with Crippen molar-refractivity contribution < 1.29 is 23.5 Å². The Balaban J connectivity index is 1.60. The fourth-order valence-electron chi connectivity index (χ4n) is 6.08. The van der Waals surface area contributed by atoms with Gasteiger partial charge < -0.3 is 30.5 Å². The van der Waals surface area contributed by atoms with E-state index in [1.807, 2.05) is 18.7 Å². The molecule has 2 aliphatic heterocycles. The minimum Gasteiger partial charge on any atom is -0.486 e. The Morgan fingerprint density at radius 3 is 2.29 bits per heavy atom. The number of nitrogens with one attached hydrogen (secondary N) is 3. The number of fused-ring (bicyclic) bond motifs is 1. The van der Waals surface area contributed by atoms with Gasteiger partial charge in [-0.05, 0) is 77.3 Å². The monoisotopic (exact) mass is 531 g/mol. The van der Waals surface area contributed by atoms with E-state index in [0.29, 0.717) is 25.3 Å². The molecular weight excluding hydrogens is 489 g/mol. The van der Waals surface area contributed by atoms with E-state index < -0.39 is 18.2 Å². The van der Waals surface area contributed by atoms with Gasteiger partial charge in [0.15, 0.2) is 0 Å². The third kappa shape index (κ3) is 6.22. The number of carbonyl (C=O) groups excluding carboxylic acids is 3. The van der Waals surface area contributed by atoms with Crippen LogP contribution in [0.3, 0.4) is 0 Å². The highest BCUT2D eigenvalue weighted by Crippen LogP contribution is 2.36. The van der Waals surface area contributed by atoms with E-state index in [0.717, 1.165) is 32.1 Å². The zero-order chi connectivity index (χ0) is 27.4. The summed E-state index contributed by atoms with van der Waals surface area (Å²) in [5.74, 6) is -0.114. The number of ether oxygens (including phenoxy) is 1. The van der Waals surface area contributed by atoms with Gasteiger partial charge in [0.25, 0.3) is 0 Å². The lowest BCUT2D eigenvalue weighted by Gasteiger charge is -2.36. The van der Waals surface area contributed by atoms with Crippen LogP contribution in [0.1, 0.15) is 59.3 Å². The fourth-order valence-corrected chi connectivity index (χ4v) is 6.08. The maximum absolute atomic E-state index is 14.2. The molecule has 0 radical (unpaired) electrons. The first-order valence-electron chi connectivity index (χ1n) is 14.0. The number of halogens is 1. The van der Waals surface area contributed by atoms with Gasteiger partial charge >= 0.3 is 6.03 Å². The first kappa shape index (κ1) is 28.1. The summed E-state index contributed by atoms with van der Waals surface area (Å²) in [5, 5.41) is 8.98. The molecule has 2 saturated heterocycles. The predicted molar refractivity (Wildman–Crippen MR) is 142 cm³/mol. The molecule has 3 fully saturated rings. The number of nitrogens with zero attached hydrogens (tertiary/aromatic N) is 2. The molecule has 10 heteroatoms. The predicted octanol–water partition coefficient (Wildman–Crippen LogP) is 2.65. The van der Waals surface area contributed by atoms with Crippen molar-refractivity contribution in [2.24, 2.45) is 5.92 Å². The first-order valence-corrected chi connectivity index (χ1v) is 14.0. The topological polar surface area (TPSA) is 103 Å². The lowest BCUT2D eigenvalue weighted by Crippen LogP contribution is -2.58. The van der Waals surface area contributed by atoms with Gasteiger partial charge in [-0.1, -0.05) is 19.3 Å². The molecule has 4 amide bonds. The normalized spacial score (nSPS) is 25.2. The molecular formula is C28H42FN5O4. The molecule has 1 aromatic rings. The van der Waals surface area contributed by atoms with Crippen LogP contribution in [0.5, 0.6) is 5.75 Å². The number of benzene rings is 1. The zero-order valence-corrected chi connectivity index (χ0v) is 22.9. The van der Waals surface area contributed by atoms with Gasteiger partial charge in [0.2, 0.25) is 11.8 Å². The number of carbonyl (C=O) groups is 3. The standard InChI is InChI=1S/C28H42FN5O4/c1-17(2)31-28(37)34-16-23(38-21-12-10-20(29)11-13-21)25-22(34)14-15-33(25)27(36)24(19-8-6-5-7-9-19)32-26(35)18(3)30-4/h10-13,17-19,22-25,30H,5-9,14-16H2,1-4H3,(H,31,37)(H,32,35)/t18-,22+,23-,24?,25-/m0/s1. The Morgan fingerprint density at radius 2 is 1.66 bits per heavy atom. The molecule has 1 saturated carbocycles. The smallest absolute Gasteiger partial charge is 0.318 e. The Hall–Kier alpha value is -2.88. The number of urea groups is 1. The van der Waals surface area contributed by atoms with Crippen LogP contribution >= 0.6 is 0 Å². The first-order chi connectivity index (χ1) is 18.2. The minimum atomic E-state index is -0.623. The van der Waals surface area contributed by atoms with Gasteiger partial charge in [-0.25, -0.2) is 9.18 Å². The van der Waals surface area contributed by atoms with Crippen molar-refractivity contribution in [3.63, 3.8) is 0 Å². The summed E-state index contributed by atoms with van der Waals surface area (Å²) in [6.07, 6.45) is 5.16. The highest BCUT2D eigenvalue weighted by molar-refractivity contribution is 5.90. The summed E-state index contributed by atoms with van der Waals surface area (Å²) < 4.78 is 19.8. The van der Waals surface area contributed by atoms with E-state index in [1.54, 1.807) is 31.0 Å². The van der Waals surface area contributed by atoms with Crippen LogP contribution in [0, 0.1) is 11.7 Å². The van der Waals surface area contributed by atoms with E-state index in [-0.39, 0.29) is 47.7 Å². The summed E-state index contributed by atoms with van der Waals surface area (Å²) in [7, 11) is 1.72. The molecule has 0 bridgehead atoms. The minimum absolute atomic E-state index is 0.0304. The van der Waals surface area contributed by atoms with Crippen molar-refractivity contribution >= 4 is 17.8 Å². The highest BCUT2D eigenvalue weighted by Gasteiger charge is 2.54. The second-order valence-corrected chi connectivity index (χ2v) is 11.1. The van der Waals surface area contributed by atoms with Gasteiger partial charge in [0.05, 0.1) is 24.7 Å². The molecule has 4 rings (SSSR count). The maximum atomic E-state index is 14.2. The van der Waals surface area contributed by atoms with Crippen LogP contribution in [0.15, 0.2) is 24.3 Å². The van der Waals surface area contributed by atoms with E-state index in [4.69, 9.17) is 4.74 Å². The molecule has 2 heterocycles. The van der Waals surface area contributed by atoms with Gasteiger partial charge in [0, 0.05) is 12.6 Å². The van der Waals surface area contributed by atoms with Crippen LogP contribution in [0.4, 0.5) is 9.18 Å². The molecule has 3 N–H and O–H groups in total. The molecule has 5 atom stereocenters. The number of rotatable bonds is 8. The number of hydrogen-bond donors (Lipinski definition) is 3. The summed E-state index contributed by atoms with van der Waals surface area (Å²) in [6.45, 7) is 6.38. The van der Waals surface area contributed by atoms with E-state index in [1.165, 1.54) is 12.1 Å². The van der Waals surface area contributed by atoms with E-state index in [9.17, 15) is 18.8 Å². The lowest BCUT2D eigenvalue weighted by molar-refractivity contribution is -0.140. The van der Waals surface area contributed by atoms with Crippen molar-refractivity contribution in [1.82, 2.24) is 25.8 Å². The second kappa shape index (κ2) is 12.3. The van der Waals surface area contributed by atoms with Crippen LogP contribution in [-0.4, -0.2) is 84.1 Å². The SMILES string of the molecule is CN[C@@H](C)C(=O)NC(C(=O)N1CC[C@@H]2[C@H]1[C@@H](Oc1ccc(F)cc1)CN2C(=O)NC(C)C)C1CCCCC1. The molecule has 38 heavy (non-hydrogen) atoms. The number of amides is 4. The maximum Gasteiger partial charge on any atom is 0.318 e. The molecule has 210 valence electrons. The lowest BCUT2D eigenvalue weighted by atomic mass is 9.83. The summed E-state index contributed by atoms with van der Waals surface area (Å²) in [6, 6.07) is 3.96. The van der Waals surface area contributed by atoms with Crippen LogP contribution in [0.25, 0.3) is 0 Å². The molecule has 1 aliphatic carbocycles. The van der Waals surface area contributed by atoms with Crippen molar-refractivity contribution in [3.05, 3.63) is 30.1 Å². The second-order valence-electron chi connectivity index (χ2n) is 11.1. The van der Waals surface area contributed by atoms with Crippen LogP contribution in [-0.2, 0) is 9.59 Å². The number of likely N-dealkylation sites (tertiary alicyclic amines) is 2. The summed E-state index contributed by atoms with van der Waals surface area (Å²) in [4.78, 5) is 43.8. The van der Waals surface area contributed by atoms with Gasteiger partial charge in [-0.3, -0.25) is 9.59 Å². The van der Waals surface area contributed by atoms with E-state index >= 15 is 0 Å². The van der Waals surface area contributed by atoms with Crippen molar-refractivity contribution in [2.45, 2.75) is 95.6 Å². The number of hydrogen-bond acceptors (Lipinski definition) is 5. The third-order valence-corrected chi connectivity index (χ3v) is 8.15. The third-order valence-electron chi connectivity index (χ3n) is 8.15. The molecule has 9 nitrogen and oxygen atoms in total. The molecule has 1 aromatic carbocycles. The fraction of sp³-hybridized carbons (Fsp3) is 0.679. The van der Waals surface area contributed by atoms with Crippen molar-refractivity contribution in [1.29, 1.82) is 0 Å². The van der Waals surface area contributed by atoms with Crippen molar-refractivity contribution in [2.75, 3.05) is 20.1 Å². The molecule has 3 aliphatic rings. The summed E-state index contributed by atoms with van der Waals surface area (Å²) >= 11 is 0.